The van der Waals surface area contributed by atoms with Crippen LogP contribution in [0.2, 0.25) is 0 Å². The van der Waals surface area contributed by atoms with E-state index < -0.39 is 49.0 Å². The Kier molecular flexibility index (Phi) is 10.3. The van der Waals surface area contributed by atoms with Gasteiger partial charge in [0, 0.05) is 31.4 Å². The van der Waals surface area contributed by atoms with Crippen LogP contribution in [0.5, 0.6) is 5.75 Å². The van der Waals surface area contributed by atoms with E-state index in [1.807, 2.05) is 30.1 Å². The highest BCUT2D eigenvalue weighted by Crippen LogP contribution is 2.46. The van der Waals surface area contributed by atoms with Crippen molar-refractivity contribution >= 4 is 17.4 Å². The van der Waals surface area contributed by atoms with E-state index in [2.05, 4.69) is 13.8 Å². The first-order valence-electron chi connectivity index (χ1n) is 15.6. The number of carbonyl (C=O) groups is 1. The zero-order chi connectivity index (χ0) is 35.1. The van der Waals surface area contributed by atoms with Crippen LogP contribution >= 0.6 is 0 Å². The summed E-state index contributed by atoms with van der Waals surface area (Å²) in [6.45, 7) is 9.96. The second-order valence-electron chi connectivity index (χ2n) is 14.3. The SMILES string of the molecule is COc1ccc(N(C)CC(C)(C)O)cc1C1=C(CN2C(=O)O[C@H](c3cc(CC(F)(F)F)cc(CC(F)(F)F)c3)[C@@H]2C)CC(C)(C)CC1. The van der Waals surface area contributed by atoms with Crippen molar-refractivity contribution in [2.45, 2.75) is 96.8 Å². The number of hydrogen-bond donors (Lipinski definition) is 1. The molecule has 0 radical (unpaired) electrons. The van der Waals surface area contributed by atoms with Crippen LogP contribution in [0.4, 0.5) is 36.8 Å². The second kappa shape index (κ2) is 13.2. The van der Waals surface area contributed by atoms with Gasteiger partial charge in [0.05, 0.1) is 31.6 Å². The maximum Gasteiger partial charge on any atom is 0.411 e. The molecule has 0 unspecified atom stereocenters. The maximum absolute atomic E-state index is 13.3. The molecule has 2 aliphatic rings. The number of hydrogen-bond acceptors (Lipinski definition) is 5. The van der Waals surface area contributed by atoms with Crippen LogP contribution in [-0.4, -0.2) is 67.3 Å². The molecule has 0 spiro atoms. The van der Waals surface area contributed by atoms with Crippen LogP contribution in [0.3, 0.4) is 0 Å². The van der Waals surface area contributed by atoms with Gasteiger partial charge in [-0.3, -0.25) is 4.90 Å². The second-order valence-corrected chi connectivity index (χ2v) is 14.3. The van der Waals surface area contributed by atoms with Crippen molar-refractivity contribution in [3.8, 4) is 5.75 Å². The number of carbonyl (C=O) groups excluding carboxylic acids is 1. The van der Waals surface area contributed by atoms with Crippen LogP contribution < -0.4 is 9.64 Å². The predicted octanol–water partition coefficient (Wildman–Crippen LogP) is 8.66. The Morgan fingerprint density at radius 3 is 2.15 bits per heavy atom. The van der Waals surface area contributed by atoms with Gasteiger partial charge in [-0.2, -0.15) is 26.3 Å². The number of halogens is 6. The first-order chi connectivity index (χ1) is 21.5. The van der Waals surface area contributed by atoms with Gasteiger partial charge in [-0.1, -0.05) is 32.0 Å². The quantitative estimate of drug-likeness (QED) is 0.257. The molecule has 2 aromatic carbocycles. The number of alkyl halides is 6. The molecule has 12 heteroatoms. The molecule has 1 aliphatic heterocycles. The van der Waals surface area contributed by atoms with Crippen molar-refractivity contribution in [3.63, 3.8) is 0 Å². The van der Waals surface area contributed by atoms with Gasteiger partial charge >= 0.3 is 18.4 Å². The smallest absolute Gasteiger partial charge is 0.411 e. The van der Waals surface area contributed by atoms with E-state index in [0.717, 1.165) is 34.9 Å². The number of anilines is 1. The molecule has 1 amide bonds. The summed E-state index contributed by atoms with van der Waals surface area (Å²) in [6, 6.07) is 8.37. The van der Waals surface area contributed by atoms with Crippen LogP contribution in [0.1, 0.15) is 82.2 Å². The van der Waals surface area contributed by atoms with Crippen LogP contribution in [0.15, 0.2) is 42.0 Å². The molecule has 1 fully saturated rings. The number of aliphatic hydroxyl groups is 1. The third-order valence-corrected chi connectivity index (χ3v) is 8.71. The molecule has 47 heavy (non-hydrogen) atoms. The number of benzene rings is 2. The Balaban J connectivity index is 1.72. The minimum Gasteiger partial charge on any atom is -0.496 e. The van der Waals surface area contributed by atoms with Gasteiger partial charge in [0.15, 0.2) is 0 Å². The molecule has 0 aromatic heterocycles. The molecular weight excluding hydrogens is 626 g/mol. The number of ether oxygens (including phenoxy) is 2. The molecule has 1 heterocycles. The fourth-order valence-corrected chi connectivity index (χ4v) is 6.72. The summed E-state index contributed by atoms with van der Waals surface area (Å²) < 4.78 is 91.0. The Morgan fingerprint density at radius 1 is 1.02 bits per heavy atom. The summed E-state index contributed by atoms with van der Waals surface area (Å²) in [7, 11) is 3.46. The summed E-state index contributed by atoms with van der Waals surface area (Å²) in [5, 5.41) is 10.4. The average molecular weight is 671 g/mol. The molecule has 2 atom stereocenters. The van der Waals surface area contributed by atoms with Gasteiger partial charge in [0.2, 0.25) is 0 Å². The molecule has 1 N–H and O–H groups in total. The Labute approximate surface area is 272 Å². The molecule has 1 aliphatic carbocycles. The predicted molar refractivity (Wildman–Crippen MR) is 168 cm³/mol. The first-order valence-corrected chi connectivity index (χ1v) is 15.6. The van der Waals surface area contributed by atoms with Crippen molar-refractivity contribution in [1.82, 2.24) is 4.90 Å². The minimum atomic E-state index is -4.63. The van der Waals surface area contributed by atoms with E-state index in [0.29, 0.717) is 25.1 Å². The van der Waals surface area contributed by atoms with E-state index in [-0.39, 0.29) is 28.7 Å². The average Bonchev–Trinajstić information content (AvgIpc) is 3.18. The standard InChI is InChI=1S/C35H44F6N2O4/c1-21-30(24-13-22(16-34(36,37)38)12-23(14-24)17-35(39,40)41)47-31(44)43(21)19-25-18-32(2,3)11-10-27(25)28-15-26(8-9-29(28)46-7)42(6)20-33(4,5)45/h8-9,12-15,21,30,45H,10-11,16-20H2,1-7H3/t21-,30-/m0/s1. The summed E-state index contributed by atoms with van der Waals surface area (Å²) >= 11 is 0. The number of cyclic esters (lactones) is 1. The number of methoxy groups -OCH3 is 1. The molecule has 0 saturated carbocycles. The van der Waals surface area contributed by atoms with E-state index in [9.17, 15) is 36.2 Å². The van der Waals surface area contributed by atoms with Crippen molar-refractivity contribution in [2.24, 2.45) is 5.41 Å². The van der Waals surface area contributed by atoms with Gasteiger partial charge in [-0.25, -0.2) is 4.79 Å². The summed E-state index contributed by atoms with van der Waals surface area (Å²) in [5.74, 6) is 0.645. The number of amides is 1. The van der Waals surface area contributed by atoms with Gasteiger partial charge in [-0.05, 0) is 91.5 Å². The molecule has 6 nitrogen and oxygen atoms in total. The molecule has 2 aromatic rings. The monoisotopic (exact) mass is 670 g/mol. The number of nitrogens with zero attached hydrogens (tertiary/aromatic N) is 2. The highest BCUT2D eigenvalue weighted by Gasteiger charge is 2.42. The largest absolute Gasteiger partial charge is 0.496 e. The fraction of sp³-hybridized carbons (Fsp3) is 0.571. The van der Waals surface area contributed by atoms with Gasteiger partial charge in [-0.15, -0.1) is 0 Å². The normalized spacial score (nSPS) is 20.5. The lowest BCUT2D eigenvalue weighted by Gasteiger charge is -2.36. The highest BCUT2D eigenvalue weighted by molar-refractivity contribution is 5.78. The van der Waals surface area contributed by atoms with E-state index in [1.54, 1.807) is 27.9 Å². The molecule has 0 bridgehead atoms. The Morgan fingerprint density at radius 2 is 1.62 bits per heavy atom. The molecular formula is C35H44F6N2O4. The van der Waals surface area contributed by atoms with Gasteiger partial charge < -0.3 is 19.5 Å². The fourth-order valence-electron chi connectivity index (χ4n) is 6.72. The highest BCUT2D eigenvalue weighted by atomic mass is 19.4. The number of likely N-dealkylation sites (N-methyl/N-ethyl adjacent to an activating group) is 1. The van der Waals surface area contributed by atoms with Crippen molar-refractivity contribution < 1.29 is 45.7 Å². The van der Waals surface area contributed by atoms with E-state index >= 15 is 0 Å². The van der Waals surface area contributed by atoms with Crippen molar-refractivity contribution in [3.05, 3.63) is 64.2 Å². The summed E-state index contributed by atoms with van der Waals surface area (Å²) in [6.07, 6.45) is -11.6. The van der Waals surface area contributed by atoms with Crippen LogP contribution in [0.25, 0.3) is 5.57 Å². The number of rotatable bonds is 10. The molecule has 260 valence electrons. The van der Waals surface area contributed by atoms with E-state index in [4.69, 9.17) is 9.47 Å². The molecule has 1 saturated heterocycles. The van der Waals surface area contributed by atoms with Crippen LogP contribution in [0, 0.1) is 5.41 Å². The van der Waals surface area contributed by atoms with Crippen molar-refractivity contribution in [2.75, 3.05) is 32.1 Å². The maximum atomic E-state index is 13.3. The lowest BCUT2D eigenvalue weighted by molar-refractivity contribution is -0.127. The lowest BCUT2D eigenvalue weighted by Crippen LogP contribution is -2.36. The lowest BCUT2D eigenvalue weighted by atomic mass is 9.72. The summed E-state index contributed by atoms with van der Waals surface area (Å²) in [5.41, 5.74) is 2.11. The van der Waals surface area contributed by atoms with Gasteiger partial charge in [0.25, 0.3) is 0 Å². The third kappa shape index (κ3) is 9.58. The van der Waals surface area contributed by atoms with Crippen LogP contribution in [-0.2, 0) is 17.6 Å². The Bertz CT molecular complexity index is 1460. The number of allylic oxidation sites excluding steroid dienone is 1. The molecule has 4 rings (SSSR count). The summed E-state index contributed by atoms with van der Waals surface area (Å²) in [4.78, 5) is 16.8. The zero-order valence-corrected chi connectivity index (χ0v) is 27.9. The minimum absolute atomic E-state index is 0.0912. The topological polar surface area (TPSA) is 62.2 Å². The first kappa shape index (κ1) is 36.4. The van der Waals surface area contributed by atoms with Gasteiger partial charge in [0.1, 0.15) is 11.9 Å². The Hall–Kier alpha value is -3.41. The third-order valence-electron chi connectivity index (χ3n) is 8.71. The van der Waals surface area contributed by atoms with E-state index in [1.165, 1.54) is 17.0 Å². The van der Waals surface area contributed by atoms with Crippen molar-refractivity contribution in [1.29, 1.82) is 0 Å². The zero-order valence-electron chi connectivity index (χ0n) is 27.9.